The molecule has 1 aromatic rings. The monoisotopic (exact) mass is 638 g/mol. The van der Waals surface area contributed by atoms with Crippen molar-refractivity contribution in [1.82, 2.24) is 10.2 Å². The molecule has 0 bridgehead atoms. The highest BCUT2D eigenvalue weighted by Gasteiger charge is 2.48. The summed E-state index contributed by atoms with van der Waals surface area (Å²) in [6, 6.07) is 2.87. The van der Waals surface area contributed by atoms with E-state index in [9.17, 15) is 49.2 Å². The number of hydrogen-bond donors (Lipinski definition) is 7. The maximum Gasteiger partial charge on any atom is 0.335 e. The molecule has 1 aromatic carbocycles. The fraction of sp³-hybridized carbons (Fsp3) is 0.571. The molecule has 0 saturated carbocycles. The number of likely N-dealkylation sites (tertiary alicyclic amines) is 1. The average molecular weight is 639 g/mol. The lowest BCUT2D eigenvalue weighted by molar-refractivity contribution is -0.271. The Labute approximate surface area is 257 Å². The number of esters is 1. The van der Waals surface area contributed by atoms with Crippen LogP contribution >= 0.6 is 0 Å². The lowest BCUT2D eigenvalue weighted by atomic mass is 9.94. The zero-order valence-corrected chi connectivity index (χ0v) is 24.9. The van der Waals surface area contributed by atoms with E-state index in [1.807, 2.05) is 0 Å². The molecule has 0 spiro atoms. The number of ether oxygens (including phenoxy) is 3. The number of anilines is 1. The molecule has 2 heterocycles. The van der Waals surface area contributed by atoms with E-state index in [0.717, 1.165) is 4.90 Å². The van der Waals surface area contributed by atoms with Gasteiger partial charge in [-0.05, 0) is 23.6 Å². The van der Waals surface area contributed by atoms with Crippen LogP contribution in [0.1, 0.15) is 39.2 Å². The summed E-state index contributed by atoms with van der Waals surface area (Å²) in [5.41, 5.74) is 6.08. The summed E-state index contributed by atoms with van der Waals surface area (Å²) in [7, 11) is 0. The van der Waals surface area contributed by atoms with Gasteiger partial charge in [-0.25, -0.2) is 4.79 Å². The van der Waals surface area contributed by atoms with Crippen molar-refractivity contribution >= 4 is 41.3 Å². The van der Waals surface area contributed by atoms with E-state index in [1.54, 1.807) is 13.8 Å². The van der Waals surface area contributed by atoms with E-state index in [2.05, 4.69) is 10.6 Å². The number of amides is 4. The van der Waals surface area contributed by atoms with E-state index < -0.39 is 78.2 Å². The largest absolute Gasteiger partial charge is 0.479 e. The molecule has 248 valence electrons. The second-order valence-electron chi connectivity index (χ2n) is 11.0. The van der Waals surface area contributed by atoms with Crippen molar-refractivity contribution in [3.05, 3.63) is 23.8 Å². The minimum absolute atomic E-state index is 0.0248. The lowest BCUT2D eigenvalue weighted by Crippen LogP contribution is -2.61. The Hall–Kier alpha value is -4.16. The van der Waals surface area contributed by atoms with Crippen LogP contribution in [0.2, 0.25) is 0 Å². The number of hydrogen-bond acceptors (Lipinski definition) is 13. The van der Waals surface area contributed by atoms with Crippen molar-refractivity contribution in [3.63, 3.8) is 0 Å². The number of carboxylic acids is 1. The van der Waals surface area contributed by atoms with Gasteiger partial charge in [-0.3, -0.25) is 28.9 Å². The van der Waals surface area contributed by atoms with Crippen molar-refractivity contribution in [2.75, 3.05) is 18.4 Å². The van der Waals surface area contributed by atoms with Crippen LogP contribution in [-0.2, 0) is 44.8 Å². The molecule has 0 aliphatic carbocycles. The minimum atomic E-state index is -1.95. The SMILES string of the molecule is CC(=O)OCc1ccc(O[C@H]2O[C@@H](C(=O)O)[C@H](O)[C@@H](O)[C@@H]2O)c(NC(=O)CCNC(=O)C(CN)N2C(=O)CC(C(C)C)C2=O)c1. The molecule has 2 fully saturated rings. The Morgan fingerprint density at radius 3 is 2.38 bits per heavy atom. The average Bonchev–Trinajstić information content (AvgIpc) is 3.27. The second kappa shape index (κ2) is 15.2. The number of nitrogens with one attached hydrogen (secondary N) is 2. The summed E-state index contributed by atoms with van der Waals surface area (Å²) in [6.07, 6.45) is -9.80. The third-order valence-corrected chi connectivity index (χ3v) is 7.33. The fourth-order valence-electron chi connectivity index (χ4n) is 4.81. The van der Waals surface area contributed by atoms with Crippen molar-refractivity contribution in [3.8, 4) is 5.75 Å². The molecule has 4 amide bonds. The fourth-order valence-corrected chi connectivity index (χ4v) is 4.81. The number of carbonyl (C=O) groups is 6. The Balaban J connectivity index is 1.70. The number of aliphatic hydroxyl groups excluding tert-OH is 3. The van der Waals surface area contributed by atoms with Gasteiger partial charge in [-0.2, -0.15) is 0 Å². The lowest BCUT2D eigenvalue weighted by Gasteiger charge is -2.38. The smallest absolute Gasteiger partial charge is 0.335 e. The number of aliphatic hydroxyl groups is 3. The standard InChI is InChI=1S/C28H38N4O13/c1-12(2)15-9-20(35)32(26(15)40)17(10-29)25(39)30-7-6-19(34)31-16-8-14(11-43-13(3)33)4-5-18(16)44-28-23(38)21(36)22(37)24(45-28)27(41)42/h4-5,8,12,15,17,21-24,28,36-38H,6-7,9-11,29H2,1-3H3,(H,30,39)(H,31,34)(H,41,42)/t15?,17?,21-,22-,23+,24-,28+/m1/s1. The molecule has 2 unspecified atom stereocenters. The van der Waals surface area contributed by atoms with Gasteiger partial charge in [-0.15, -0.1) is 0 Å². The summed E-state index contributed by atoms with van der Waals surface area (Å²) in [4.78, 5) is 74.5. The third-order valence-electron chi connectivity index (χ3n) is 7.33. The predicted octanol–water partition coefficient (Wildman–Crippen LogP) is -2.18. The molecular weight excluding hydrogens is 600 g/mol. The number of nitrogens with zero attached hydrogens (tertiary/aromatic N) is 1. The minimum Gasteiger partial charge on any atom is -0.479 e. The van der Waals surface area contributed by atoms with Crippen LogP contribution in [0.25, 0.3) is 0 Å². The van der Waals surface area contributed by atoms with E-state index in [4.69, 9.17) is 19.9 Å². The molecule has 8 N–H and O–H groups in total. The first kappa shape index (κ1) is 35.3. The summed E-state index contributed by atoms with van der Waals surface area (Å²) in [5, 5.41) is 44.7. The first-order valence-electron chi connectivity index (χ1n) is 14.1. The molecule has 45 heavy (non-hydrogen) atoms. The summed E-state index contributed by atoms with van der Waals surface area (Å²) >= 11 is 0. The maximum absolute atomic E-state index is 12.9. The van der Waals surface area contributed by atoms with E-state index in [1.165, 1.54) is 25.1 Å². The molecule has 2 aliphatic rings. The first-order valence-corrected chi connectivity index (χ1v) is 14.1. The molecule has 2 saturated heterocycles. The zero-order chi connectivity index (χ0) is 33.6. The normalized spacial score (nSPS) is 25.6. The number of imide groups is 1. The topological polar surface area (TPSA) is 264 Å². The second-order valence-corrected chi connectivity index (χ2v) is 11.0. The molecular formula is C28H38N4O13. The van der Waals surface area contributed by atoms with Crippen LogP contribution in [0.5, 0.6) is 5.75 Å². The molecule has 3 rings (SSSR count). The molecule has 17 nitrogen and oxygen atoms in total. The van der Waals surface area contributed by atoms with Gasteiger partial charge in [0.25, 0.3) is 0 Å². The van der Waals surface area contributed by atoms with Crippen LogP contribution in [0.15, 0.2) is 18.2 Å². The Morgan fingerprint density at radius 1 is 1.11 bits per heavy atom. The Bertz CT molecular complexity index is 1310. The van der Waals surface area contributed by atoms with Gasteiger partial charge in [0, 0.05) is 38.8 Å². The molecule has 0 radical (unpaired) electrons. The number of rotatable bonds is 13. The molecule has 2 aliphatic heterocycles. The van der Waals surface area contributed by atoms with Gasteiger partial charge < -0.3 is 51.0 Å². The van der Waals surface area contributed by atoms with Crippen LogP contribution < -0.4 is 21.1 Å². The number of benzene rings is 1. The summed E-state index contributed by atoms with van der Waals surface area (Å²) in [6.45, 7) is 4.06. The van der Waals surface area contributed by atoms with Crippen molar-refractivity contribution in [2.45, 2.75) is 77.0 Å². The predicted molar refractivity (Wildman–Crippen MR) is 151 cm³/mol. The van der Waals surface area contributed by atoms with Gasteiger partial charge in [0.15, 0.2) is 6.10 Å². The Kier molecular flexibility index (Phi) is 11.9. The van der Waals surface area contributed by atoms with Gasteiger partial charge in [0.2, 0.25) is 29.9 Å². The highest BCUT2D eigenvalue weighted by Crippen LogP contribution is 2.31. The van der Waals surface area contributed by atoms with Crippen LogP contribution in [0.4, 0.5) is 5.69 Å². The van der Waals surface area contributed by atoms with Gasteiger partial charge >= 0.3 is 11.9 Å². The van der Waals surface area contributed by atoms with Gasteiger partial charge in [-0.1, -0.05) is 19.9 Å². The quantitative estimate of drug-likeness (QED) is 0.0895. The number of carboxylic acid groups (broad SMARTS) is 1. The van der Waals surface area contributed by atoms with Crippen molar-refractivity contribution < 1.29 is 63.4 Å². The van der Waals surface area contributed by atoms with E-state index in [0.29, 0.717) is 5.56 Å². The molecule has 17 heteroatoms. The van der Waals surface area contributed by atoms with Crippen LogP contribution in [0.3, 0.4) is 0 Å². The summed E-state index contributed by atoms with van der Waals surface area (Å²) < 4.78 is 15.7. The van der Waals surface area contributed by atoms with Gasteiger partial charge in [0.05, 0.1) is 5.69 Å². The van der Waals surface area contributed by atoms with Crippen molar-refractivity contribution in [1.29, 1.82) is 0 Å². The van der Waals surface area contributed by atoms with Gasteiger partial charge in [0.1, 0.15) is 36.7 Å². The van der Waals surface area contributed by atoms with E-state index >= 15 is 0 Å². The van der Waals surface area contributed by atoms with E-state index in [-0.39, 0.29) is 49.9 Å². The number of carbonyl (C=O) groups excluding carboxylic acids is 5. The number of aliphatic carboxylic acids is 1. The maximum atomic E-state index is 12.9. The van der Waals surface area contributed by atoms with Crippen LogP contribution in [0, 0.1) is 11.8 Å². The molecule has 7 atom stereocenters. The summed E-state index contributed by atoms with van der Waals surface area (Å²) in [5.74, 6) is -5.38. The zero-order valence-electron chi connectivity index (χ0n) is 24.9. The number of nitrogens with two attached hydrogens (primary N) is 1. The first-order chi connectivity index (χ1) is 21.2. The third kappa shape index (κ3) is 8.52. The van der Waals surface area contributed by atoms with Crippen LogP contribution in [-0.4, -0.2) is 111 Å². The molecule has 0 aromatic heterocycles. The highest BCUT2D eigenvalue weighted by molar-refractivity contribution is 6.07. The van der Waals surface area contributed by atoms with Crippen molar-refractivity contribution in [2.24, 2.45) is 17.6 Å². The Morgan fingerprint density at radius 2 is 1.80 bits per heavy atom. The highest BCUT2D eigenvalue weighted by atomic mass is 16.7.